The quantitative estimate of drug-likeness (QED) is 0.718. The molecule has 0 saturated heterocycles. The Hall–Kier alpha value is -1.38. The van der Waals surface area contributed by atoms with E-state index < -0.39 is 0 Å². The van der Waals surface area contributed by atoms with E-state index in [4.69, 9.17) is 4.74 Å². The van der Waals surface area contributed by atoms with Crippen LogP contribution in [0.4, 0.5) is 0 Å². The molecule has 0 aliphatic heterocycles. The number of Topliss-reactive ketones (excluding diaryl/α,β-unsaturated/α-hetero) is 1. The molecule has 1 aromatic heterocycles. The molecule has 0 fully saturated rings. The molecule has 76 valence electrons. The van der Waals surface area contributed by atoms with Crippen molar-refractivity contribution < 1.29 is 9.53 Å². The van der Waals surface area contributed by atoms with Crippen LogP contribution in [0.2, 0.25) is 0 Å². The maximum Gasteiger partial charge on any atom is 0.212 e. The zero-order valence-corrected chi connectivity index (χ0v) is 8.62. The number of methoxy groups -OCH3 is 1. The van der Waals surface area contributed by atoms with Gasteiger partial charge in [-0.05, 0) is 12.0 Å². The van der Waals surface area contributed by atoms with E-state index in [2.05, 4.69) is 4.98 Å². The number of hydrogen-bond donors (Lipinski definition) is 0. The zero-order chi connectivity index (χ0) is 10.4. The van der Waals surface area contributed by atoms with Gasteiger partial charge in [-0.3, -0.25) is 4.79 Å². The third-order valence-electron chi connectivity index (χ3n) is 1.94. The first-order valence-corrected chi connectivity index (χ1v) is 4.77. The van der Waals surface area contributed by atoms with Crippen molar-refractivity contribution in [3.05, 3.63) is 23.9 Å². The number of ketones is 1. The second kappa shape index (κ2) is 5.37. The van der Waals surface area contributed by atoms with E-state index in [-0.39, 0.29) is 5.78 Å². The maximum absolute atomic E-state index is 11.3. The van der Waals surface area contributed by atoms with Gasteiger partial charge in [-0.25, -0.2) is 4.98 Å². The fourth-order valence-electron chi connectivity index (χ4n) is 1.23. The van der Waals surface area contributed by atoms with Gasteiger partial charge in [0.2, 0.25) is 5.88 Å². The predicted octanol–water partition coefficient (Wildman–Crippen LogP) is 2.00. The van der Waals surface area contributed by atoms with Crippen molar-refractivity contribution in [1.29, 1.82) is 0 Å². The number of aromatic nitrogens is 1. The van der Waals surface area contributed by atoms with Gasteiger partial charge in [0.25, 0.3) is 0 Å². The van der Waals surface area contributed by atoms with Crippen molar-refractivity contribution in [2.24, 2.45) is 0 Å². The zero-order valence-electron chi connectivity index (χ0n) is 8.62. The number of nitrogens with zero attached hydrogens (tertiary/aromatic N) is 1. The SMILES string of the molecule is CCCC(=O)Cc1ccc(OC)nc1. The van der Waals surface area contributed by atoms with Crippen LogP contribution in [-0.4, -0.2) is 17.9 Å². The van der Waals surface area contributed by atoms with Gasteiger partial charge in [0.05, 0.1) is 7.11 Å². The van der Waals surface area contributed by atoms with Crippen LogP contribution in [0.3, 0.4) is 0 Å². The molecule has 0 amide bonds. The molecule has 0 N–H and O–H groups in total. The van der Waals surface area contributed by atoms with Gasteiger partial charge in [-0.2, -0.15) is 0 Å². The summed E-state index contributed by atoms with van der Waals surface area (Å²) in [6, 6.07) is 3.65. The lowest BCUT2D eigenvalue weighted by molar-refractivity contribution is -0.118. The van der Waals surface area contributed by atoms with Gasteiger partial charge in [-0.15, -0.1) is 0 Å². The number of carbonyl (C=O) groups excluding carboxylic acids is 1. The molecule has 0 aliphatic carbocycles. The van der Waals surface area contributed by atoms with Crippen molar-refractivity contribution in [2.45, 2.75) is 26.2 Å². The Balaban J connectivity index is 2.55. The fraction of sp³-hybridized carbons (Fsp3) is 0.455. The highest BCUT2D eigenvalue weighted by molar-refractivity contribution is 5.80. The Morgan fingerprint density at radius 1 is 1.50 bits per heavy atom. The molecule has 0 saturated carbocycles. The molecule has 0 aliphatic rings. The fourth-order valence-corrected chi connectivity index (χ4v) is 1.23. The highest BCUT2D eigenvalue weighted by Crippen LogP contribution is 2.08. The molecule has 3 nitrogen and oxygen atoms in total. The Morgan fingerprint density at radius 3 is 2.79 bits per heavy atom. The van der Waals surface area contributed by atoms with Crippen LogP contribution in [0.5, 0.6) is 5.88 Å². The normalized spacial score (nSPS) is 9.86. The summed E-state index contributed by atoms with van der Waals surface area (Å²) in [7, 11) is 1.57. The lowest BCUT2D eigenvalue weighted by Gasteiger charge is -2.01. The Labute approximate surface area is 84.1 Å². The summed E-state index contributed by atoms with van der Waals surface area (Å²) in [5.41, 5.74) is 0.948. The molecule has 0 unspecified atom stereocenters. The van der Waals surface area contributed by atoms with E-state index in [0.717, 1.165) is 12.0 Å². The summed E-state index contributed by atoms with van der Waals surface area (Å²) in [5, 5.41) is 0. The molecular weight excluding hydrogens is 178 g/mol. The molecule has 1 aromatic rings. The minimum Gasteiger partial charge on any atom is -0.481 e. The van der Waals surface area contributed by atoms with Gasteiger partial charge in [0.15, 0.2) is 0 Å². The lowest BCUT2D eigenvalue weighted by atomic mass is 10.1. The van der Waals surface area contributed by atoms with E-state index in [1.165, 1.54) is 0 Å². The van der Waals surface area contributed by atoms with E-state index in [0.29, 0.717) is 18.7 Å². The minimum absolute atomic E-state index is 0.263. The number of pyridine rings is 1. The number of rotatable bonds is 5. The van der Waals surface area contributed by atoms with Crippen LogP contribution in [0, 0.1) is 0 Å². The topological polar surface area (TPSA) is 39.2 Å². The molecule has 0 radical (unpaired) electrons. The first-order valence-electron chi connectivity index (χ1n) is 4.77. The van der Waals surface area contributed by atoms with Crippen molar-refractivity contribution in [2.75, 3.05) is 7.11 Å². The van der Waals surface area contributed by atoms with Crippen molar-refractivity contribution >= 4 is 5.78 Å². The molecule has 14 heavy (non-hydrogen) atoms. The van der Waals surface area contributed by atoms with Crippen molar-refractivity contribution in [3.8, 4) is 5.88 Å². The van der Waals surface area contributed by atoms with Crippen LogP contribution < -0.4 is 4.74 Å². The van der Waals surface area contributed by atoms with Crippen LogP contribution >= 0.6 is 0 Å². The first-order chi connectivity index (χ1) is 6.76. The maximum atomic E-state index is 11.3. The van der Waals surface area contributed by atoms with E-state index in [1.54, 1.807) is 19.4 Å². The smallest absolute Gasteiger partial charge is 0.212 e. The standard InChI is InChI=1S/C11H15NO2/c1-3-4-10(13)7-9-5-6-11(14-2)12-8-9/h5-6,8H,3-4,7H2,1-2H3. The minimum atomic E-state index is 0.263. The largest absolute Gasteiger partial charge is 0.481 e. The average molecular weight is 193 g/mol. The molecular formula is C11H15NO2. The van der Waals surface area contributed by atoms with Crippen molar-refractivity contribution in [3.63, 3.8) is 0 Å². The van der Waals surface area contributed by atoms with Crippen LogP contribution in [0.25, 0.3) is 0 Å². The summed E-state index contributed by atoms with van der Waals surface area (Å²) in [5.74, 6) is 0.844. The Morgan fingerprint density at radius 2 is 2.29 bits per heavy atom. The molecule has 1 heterocycles. The van der Waals surface area contributed by atoms with Gasteiger partial charge < -0.3 is 4.74 Å². The summed E-state index contributed by atoms with van der Waals surface area (Å²) >= 11 is 0. The van der Waals surface area contributed by atoms with Gasteiger partial charge >= 0.3 is 0 Å². The van der Waals surface area contributed by atoms with E-state index >= 15 is 0 Å². The van der Waals surface area contributed by atoms with Crippen LogP contribution in [0.15, 0.2) is 18.3 Å². The Kier molecular flexibility index (Phi) is 4.11. The summed E-state index contributed by atoms with van der Waals surface area (Å²) < 4.78 is 4.93. The van der Waals surface area contributed by atoms with Crippen molar-refractivity contribution in [1.82, 2.24) is 4.98 Å². The molecule has 0 spiro atoms. The summed E-state index contributed by atoms with van der Waals surface area (Å²) in [4.78, 5) is 15.3. The number of carbonyl (C=O) groups is 1. The summed E-state index contributed by atoms with van der Waals surface area (Å²) in [6.45, 7) is 2.00. The molecule has 0 atom stereocenters. The van der Waals surface area contributed by atoms with Gasteiger partial charge in [0, 0.05) is 25.1 Å². The van der Waals surface area contributed by atoms with Gasteiger partial charge in [-0.1, -0.05) is 13.0 Å². The molecule has 0 aromatic carbocycles. The third kappa shape index (κ3) is 3.17. The van der Waals surface area contributed by atoms with Gasteiger partial charge in [0.1, 0.15) is 5.78 Å². The number of ether oxygens (including phenoxy) is 1. The monoisotopic (exact) mass is 193 g/mol. The Bertz CT molecular complexity index is 293. The van der Waals surface area contributed by atoms with Crippen LogP contribution in [0.1, 0.15) is 25.3 Å². The predicted molar refractivity (Wildman–Crippen MR) is 54.4 cm³/mol. The third-order valence-corrected chi connectivity index (χ3v) is 1.94. The highest BCUT2D eigenvalue weighted by Gasteiger charge is 2.02. The second-order valence-electron chi connectivity index (χ2n) is 3.17. The van der Waals surface area contributed by atoms with Crippen LogP contribution in [-0.2, 0) is 11.2 Å². The molecule has 3 heteroatoms. The lowest BCUT2D eigenvalue weighted by Crippen LogP contribution is -2.02. The summed E-state index contributed by atoms with van der Waals surface area (Å²) in [6.07, 6.45) is 3.71. The number of hydrogen-bond acceptors (Lipinski definition) is 3. The van der Waals surface area contributed by atoms with E-state index in [9.17, 15) is 4.79 Å². The van der Waals surface area contributed by atoms with E-state index in [1.807, 2.05) is 13.0 Å². The molecule has 0 bridgehead atoms. The second-order valence-corrected chi connectivity index (χ2v) is 3.17. The highest BCUT2D eigenvalue weighted by atomic mass is 16.5. The first kappa shape index (κ1) is 10.7. The average Bonchev–Trinajstić information content (AvgIpc) is 2.19. The molecule has 1 rings (SSSR count).